The average Bonchev–Trinajstić information content (AvgIpc) is 3.09. The summed E-state index contributed by atoms with van der Waals surface area (Å²) in [5, 5.41) is 4.27. The molecule has 244 valence electrons. The van der Waals surface area contributed by atoms with Gasteiger partial charge in [0.15, 0.2) is 11.8 Å². The number of hydrogen-bond acceptors (Lipinski definition) is 6. The normalized spacial score (nSPS) is 12.4. The number of benzene rings is 3. The van der Waals surface area contributed by atoms with Gasteiger partial charge in [0, 0.05) is 19.4 Å². The van der Waals surface area contributed by atoms with Crippen LogP contribution in [0.25, 0.3) is 0 Å². The van der Waals surface area contributed by atoms with Gasteiger partial charge in [0.2, 0.25) is 0 Å². The molecule has 0 N–H and O–H groups in total. The number of hydrazone groups is 1. The lowest BCUT2D eigenvalue weighted by atomic mass is 9.98. The van der Waals surface area contributed by atoms with E-state index in [2.05, 4.69) is 70.7 Å². The molecule has 45 heavy (non-hydrogen) atoms. The molecule has 0 aliphatic carbocycles. The van der Waals surface area contributed by atoms with Crippen LogP contribution in [0.4, 0.5) is 0 Å². The Morgan fingerprint density at radius 2 is 1.31 bits per heavy atom. The predicted molar refractivity (Wildman–Crippen MR) is 194 cm³/mol. The number of hydrogen-bond donors (Lipinski definition) is 0. The molecule has 1 atom stereocenters. The Hall–Kier alpha value is -2.99. The molecule has 3 aromatic carbocycles. The van der Waals surface area contributed by atoms with Crippen LogP contribution in [0, 0.1) is 0 Å². The first kappa shape index (κ1) is 36.5. The molecule has 6 nitrogen and oxygen atoms in total. The fraction of sp³-hybridized carbons (Fsp3) is 0.486. The number of nitrogens with zero attached hydrogens (tertiary/aromatic N) is 3. The van der Waals surface area contributed by atoms with E-state index in [1.165, 1.54) is 5.56 Å². The molecule has 0 aliphatic rings. The number of para-hydroxylation sites is 1. The van der Waals surface area contributed by atoms with Gasteiger partial charge in [-0.05, 0) is 92.0 Å². The fourth-order valence-corrected chi connectivity index (χ4v) is 7.58. The van der Waals surface area contributed by atoms with Gasteiger partial charge in [0.05, 0.1) is 13.3 Å². The quantitative estimate of drug-likeness (QED) is 0.0690. The first-order valence-corrected chi connectivity index (χ1v) is 18.8. The lowest BCUT2D eigenvalue weighted by Gasteiger charge is -2.32. The molecule has 0 spiro atoms. The van der Waals surface area contributed by atoms with Crippen LogP contribution in [0.1, 0.15) is 78.4 Å². The molecule has 8 heteroatoms. The van der Waals surface area contributed by atoms with Crippen LogP contribution < -0.4 is 14.2 Å². The van der Waals surface area contributed by atoms with E-state index in [-0.39, 0.29) is 0 Å². The fourth-order valence-electron chi connectivity index (χ4n) is 5.17. The Morgan fingerprint density at radius 1 is 0.733 bits per heavy atom. The maximum Gasteiger partial charge on any atom is 0.358 e. The molecule has 1 unspecified atom stereocenters. The van der Waals surface area contributed by atoms with Crippen LogP contribution >= 0.6 is 6.85 Å². The van der Waals surface area contributed by atoms with Crippen LogP contribution in [-0.2, 0) is 18.2 Å². The maximum atomic E-state index is 6.66. The third-order valence-corrected chi connectivity index (χ3v) is 12.4. The average molecular weight is 651 g/mol. The number of rotatable bonds is 20. The monoisotopic (exact) mass is 650 g/mol. The van der Waals surface area contributed by atoms with Crippen molar-refractivity contribution in [1.82, 2.24) is 9.68 Å². The van der Waals surface area contributed by atoms with Crippen molar-refractivity contribution in [2.75, 3.05) is 33.3 Å². The van der Waals surface area contributed by atoms with E-state index >= 15 is 0 Å². The molecule has 0 saturated heterocycles. The van der Waals surface area contributed by atoms with E-state index in [1.807, 2.05) is 72.6 Å². The minimum absolute atomic E-state index is 0.404. The van der Waals surface area contributed by atoms with Gasteiger partial charge in [-0.3, -0.25) is 0 Å². The molecule has 3 aromatic rings. The van der Waals surface area contributed by atoms with Gasteiger partial charge >= 0.3 is 6.85 Å². The van der Waals surface area contributed by atoms with E-state index in [4.69, 9.17) is 31.1 Å². The van der Waals surface area contributed by atoms with Crippen molar-refractivity contribution < 1.29 is 14.2 Å². The summed E-state index contributed by atoms with van der Waals surface area (Å²) < 4.78 is 21.1. The van der Waals surface area contributed by atoms with Gasteiger partial charge in [-0.1, -0.05) is 71.9 Å². The van der Waals surface area contributed by atoms with Crippen molar-refractivity contribution in [2.45, 2.75) is 84.6 Å². The summed E-state index contributed by atoms with van der Waals surface area (Å²) >= 11 is 6.11. The smallest absolute Gasteiger partial charge is 0.358 e. The molecule has 3 rings (SSSR count). The first-order valence-electron chi connectivity index (χ1n) is 16.5. The molecule has 0 radical (unpaired) electrons. The van der Waals surface area contributed by atoms with Crippen LogP contribution in [0.5, 0.6) is 17.2 Å². The standard InChI is InChI=1S/C37H53N3O3PS/c1-8-36(9-2,30-41-33-17-15-14-16-18-33)42-34-25-21-32(22-26-34)29-38-39(7)44(45)37(10-3,11-4)43-35-23-19-31(20-24-35)27-28-40(12-5)13-6/h14-26,29H,8-13,27-28,30H2,1-7H3/q+1. The first-order chi connectivity index (χ1) is 21.8. The van der Waals surface area contributed by atoms with Crippen molar-refractivity contribution in [3.63, 3.8) is 0 Å². The molecule has 0 bridgehead atoms. The lowest BCUT2D eigenvalue weighted by molar-refractivity contribution is 0.0123. The molecule has 0 aliphatic heterocycles. The zero-order chi connectivity index (χ0) is 32.7. The maximum absolute atomic E-state index is 6.66. The molecule has 0 fully saturated rings. The van der Waals surface area contributed by atoms with Crippen LogP contribution in [0.15, 0.2) is 84.0 Å². The third kappa shape index (κ3) is 10.5. The lowest BCUT2D eigenvalue weighted by Crippen LogP contribution is -2.41. The molecular formula is C37H53N3O3PS+. The minimum Gasteiger partial charge on any atom is -0.489 e. The second-order valence-corrected chi connectivity index (χ2v) is 14.3. The van der Waals surface area contributed by atoms with Crippen LogP contribution in [0.2, 0.25) is 0 Å². The zero-order valence-corrected chi connectivity index (χ0v) is 30.1. The summed E-state index contributed by atoms with van der Waals surface area (Å²) in [5.41, 5.74) is 1.90. The summed E-state index contributed by atoms with van der Waals surface area (Å²) in [6.07, 6.45) is 6.18. The Labute approximate surface area is 278 Å². The van der Waals surface area contributed by atoms with Gasteiger partial charge in [-0.2, -0.15) is 0 Å². The Morgan fingerprint density at radius 3 is 1.87 bits per heavy atom. The van der Waals surface area contributed by atoms with Crippen molar-refractivity contribution >= 4 is 24.9 Å². The largest absolute Gasteiger partial charge is 0.489 e. The molecule has 0 amide bonds. The number of ether oxygens (including phenoxy) is 3. The highest BCUT2D eigenvalue weighted by molar-refractivity contribution is 8.04. The summed E-state index contributed by atoms with van der Waals surface area (Å²) in [6, 6.07) is 26.5. The molecule has 0 heterocycles. The summed E-state index contributed by atoms with van der Waals surface area (Å²) in [5.74, 6) is 2.53. The topological polar surface area (TPSA) is 46.5 Å². The Kier molecular flexibility index (Phi) is 14.8. The molecular weight excluding hydrogens is 597 g/mol. The molecule has 0 saturated carbocycles. The van der Waals surface area contributed by atoms with Crippen molar-refractivity contribution in [2.24, 2.45) is 5.10 Å². The second-order valence-electron chi connectivity index (χ2n) is 11.3. The van der Waals surface area contributed by atoms with E-state index in [0.717, 1.165) is 74.6 Å². The van der Waals surface area contributed by atoms with Crippen molar-refractivity contribution in [3.8, 4) is 17.2 Å². The van der Waals surface area contributed by atoms with Gasteiger partial charge < -0.3 is 19.1 Å². The summed E-state index contributed by atoms with van der Waals surface area (Å²) in [6.45, 7) is 15.6. The van der Waals surface area contributed by atoms with Gasteiger partial charge in [0.25, 0.3) is 5.34 Å². The third-order valence-electron chi connectivity index (χ3n) is 8.68. The van der Waals surface area contributed by atoms with E-state index in [0.29, 0.717) is 6.61 Å². The summed E-state index contributed by atoms with van der Waals surface area (Å²) in [4.78, 5) is 2.44. The van der Waals surface area contributed by atoms with Crippen LogP contribution in [-0.4, -0.2) is 60.1 Å². The highest BCUT2D eigenvalue weighted by atomic mass is 32.4. The highest BCUT2D eigenvalue weighted by Crippen LogP contribution is 2.48. The van der Waals surface area contributed by atoms with Gasteiger partial charge in [0.1, 0.15) is 29.5 Å². The zero-order valence-electron chi connectivity index (χ0n) is 28.4. The Balaban J connectivity index is 1.62. The van der Waals surface area contributed by atoms with E-state index in [9.17, 15) is 0 Å². The summed E-state index contributed by atoms with van der Waals surface area (Å²) in [7, 11) is 1.95. The highest BCUT2D eigenvalue weighted by Gasteiger charge is 2.48. The number of likely N-dealkylation sites (N-methyl/N-ethyl adjacent to an activating group) is 1. The van der Waals surface area contributed by atoms with E-state index in [1.54, 1.807) is 0 Å². The minimum atomic E-state index is -1.14. The van der Waals surface area contributed by atoms with Crippen molar-refractivity contribution in [3.05, 3.63) is 90.0 Å². The predicted octanol–water partition coefficient (Wildman–Crippen LogP) is 9.31. The Bertz CT molecular complexity index is 1310. The van der Waals surface area contributed by atoms with E-state index < -0.39 is 17.8 Å². The van der Waals surface area contributed by atoms with Crippen LogP contribution in [0.3, 0.4) is 0 Å². The SMILES string of the molecule is CCN(CC)CCc1ccc(OC(CC)(CC)[P+](=S)N(C)N=Cc2ccc(OC(CC)(CC)COc3ccccc3)cc2)cc1. The molecule has 0 aromatic heterocycles. The van der Waals surface area contributed by atoms with Gasteiger partial charge in [-0.15, -0.1) is 9.88 Å². The van der Waals surface area contributed by atoms with Crippen molar-refractivity contribution in [1.29, 1.82) is 0 Å². The second kappa shape index (κ2) is 18.2. The van der Waals surface area contributed by atoms with Gasteiger partial charge in [-0.25, -0.2) is 0 Å².